The summed E-state index contributed by atoms with van der Waals surface area (Å²) in [5, 5.41) is 2.89. The summed E-state index contributed by atoms with van der Waals surface area (Å²) in [6, 6.07) is 10.8. The molecule has 1 aliphatic heterocycles. The first-order valence-electron chi connectivity index (χ1n) is 9.03. The van der Waals surface area contributed by atoms with E-state index in [0.29, 0.717) is 43.9 Å². The van der Waals surface area contributed by atoms with Crippen LogP contribution in [0.4, 0.5) is 5.69 Å². The topological polar surface area (TPSA) is 73.9 Å². The Hall–Kier alpha value is -3.02. The number of carbonyl (C=O) groups excluding carboxylic acids is 2. The van der Waals surface area contributed by atoms with Gasteiger partial charge in [0.05, 0.1) is 12.2 Å². The molecule has 0 atom stereocenters. The zero-order valence-corrected chi connectivity index (χ0v) is 15.5. The summed E-state index contributed by atoms with van der Waals surface area (Å²) < 4.78 is 16.1. The molecule has 0 fully saturated rings. The SMILES string of the molecule is CCOC(=O)c1ccc(NC(=O)CCc2ccc3c(c2)OCCO3)c(C)c1. The number of nitrogens with one attached hydrogen (secondary N) is 1. The summed E-state index contributed by atoms with van der Waals surface area (Å²) in [6.45, 7) is 5.04. The van der Waals surface area contributed by atoms with E-state index in [1.54, 1.807) is 25.1 Å². The molecule has 2 aromatic rings. The lowest BCUT2D eigenvalue weighted by molar-refractivity contribution is -0.116. The highest BCUT2D eigenvalue weighted by Crippen LogP contribution is 2.31. The molecule has 0 saturated heterocycles. The standard InChI is InChI=1S/C21H23NO5/c1-3-25-21(24)16-6-7-17(14(2)12-16)22-20(23)9-5-15-4-8-18-19(13-15)27-11-10-26-18/h4,6-8,12-13H,3,5,9-11H2,1-2H3,(H,22,23). The third-order valence-electron chi connectivity index (χ3n) is 4.26. The molecule has 0 aliphatic carbocycles. The van der Waals surface area contributed by atoms with Crippen molar-refractivity contribution in [2.75, 3.05) is 25.1 Å². The van der Waals surface area contributed by atoms with Crippen molar-refractivity contribution in [3.05, 3.63) is 53.1 Å². The molecular formula is C21H23NO5. The van der Waals surface area contributed by atoms with Crippen molar-refractivity contribution in [1.82, 2.24) is 0 Å². The molecule has 1 N–H and O–H groups in total. The Morgan fingerprint density at radius 3 is 2.59 bits per heavy atom. The van der Waals surface area contributed by atoms with Crippen molar-refractivity contribution in [2.24, 2.45) is 0 Å². The van der Waals surface area contributed by atoms with Gasteiger partial charge < -0.3 is 19.5 Å². The van der Waals surface area contributed by atoms with Crippen molar-refractivity contribution in [1.29, 1.82) is 0 Å². The van der Waals surface area contributed by atoms with Crippen LogP contribution in [0.25, 0.3) is 0 Å². The molecule has 1 amide bonds. The molecule has 142 valence electrons. The van der Waals surface area contributed by atoms with E-state index >= 15 is 0 Å². The third-order valence-corrected chi connectivity index (χ3v) is 4.26. The monoisotopic (exact) mass is 369 g/mol. The fourth-order valence-corrected chi connectivity index (χ4v) is 2.86. The number of amides is 1. The molecule has 0 aromatic heterocycles. The molecule has 3 rings (SSSR count). The van der Waals surface area contributed by atoms with Gasteiger partial charge in [-0.3, -0.25) is 4.79 Å². The summed E-state index contributed by atoms with van der Waals surface area (Å²) in [5.74, 6) is 1.02. The maximum Gasteiger partial charge on any atom is 0.338 e. The second-order valence-corrected chi connectivity index (χ2v) is 6.28. The van der Waals surface area contributed by atoms with Crippen molar-refractivity contribution >= 4 is 17.6 Å². The minimum atomic E-state index is -0.364. The van der Waals surface area contributed by atoms with Crippen LogP contribution in [0.2, 0.25) is 0 Å². The Morgan fingerprint density at radius 1 is 1.07 bits per heavy atom. The first-order valence-corrected chi connectivity index (χ1v) is 9.03. The number of rotatable bonds is 6. The van der Waals surface area contributed by atoms with Crippen LogP contribution in [0, 0.1) is 6.92 Å². The van der Waals surface area contributed by atoms with Crippen LogP contribution in [-0.2, 0) is 16.0 Å². The molecule has 1 aliphatic rings. The van der Waals surface area contributed by atoms with Crippen molar-refractivity contribution in [3.8, 4) is 11.5 Å². The molecule has 27 heavy (non-hydrogen) atoms. The van der Waals surface area contributed by atoms with E-state index in [0.717, 1.165) is 22.6 Å². The number of aryl methyl sites for hydroxylation is 2. The molecule has 0 unspecified atom stereocenters. The highest BCUT2D eigenvalue weighted by atomic mass is 16.6. The maximum atomic E-state index is 12.3. The van der Waals surface area contributed by atoms with Crippen LogP contribution in [0.3, 0.4) is 0 Å². The number of carbonyl (C=O) groups is 2. The van der Waals surface area contributed by atoms with E-state index in [2.05, 4.69) is 5.32 Å². The van der Waals surface area contributed by atoms with E-state index in [9.17, 15) is 9.59 Å². The summed E-state index contributed by atoms with van der Waals surface area (Å²) in [6.07, 6.45) is 0.946. The maximum absolute atomic E-state index is 12.3. The lowest BCUT2D eigenvalue weighted by atomic mass is 10.1. The van der Waals surface area contributed by atoms with E-state index in [1.807, 2.05) is 25.1 Å². The third kappa shape index (κ3) is 4.78. The molecule has 1 heterocycles. The number of benzene rings is 2. The van der Waals surface area contributed by atoms with Gasteiger partial charge in [0.2, 0.25) is 5.91 Å². The second-order valence-electron chi connectivity index (χ2n) is 6.28. The quantitative estimate of drug-likeness (QED) is 0.789. The first kappa shape index (κ1) is 18.8. The molecule has 0 spiro atoms. The number of ether oxygens (including phenoxy) is 3. The number of anilines is 1. The van der Waals surface area contributed by atoms with Gasteiger partial charge in [-0.05, 0) is 61.7 Å². The van der Waals surface area contributed by atoms with Crippen LogP contribution in [-0.4, -0.2) is 31.7 Å². The molecular weight excluding hydrogens is 346 g/mol. The predicted molar refractivity (Wildman–Crippen MR) is 102 cm³/mol. The molecule has 6 heteroatoms. The highest BCUT2D eigenvalue weighted by molar-refractivity contribution is 5.94. The van der Waals surface area contributed by atoms with E-state index in [1.165, 1.54) is 0 Å². The van der Waals surface area contributed by atoms with Crippen LogP contribution >= 0.6 is 0 Å². The first-order chi connectivity index (χ1) is 13.1. The van der Waals surface area contributed by atoms with Crippen molar-refractivity contribution in [3.63, 3.8) is 0 Å². The largest absolute Gasteiger partial charge is 0.486 e. The van der Waals surface area contributed by atoms with Gasteiger partial charge in [-0.15, -0.1) is 0 Å². The van der Waals surface area contributed by atoms with Crippen LogP contribution in [0.15, 0.2) is 36.4 Å². The minimum absolute atomic E-state index is 0.0862. The summed E-state index contributed by atoms with van der Waals surface area (Å²) in [4.78, 5) is 24.1. The van der Waals surface area contributed by atoms with Crippen molar-refractivity contribution in [2.45, 2.75) is 26.7 Å². The lowest BCUT2D eigenvalue weighted by Crippen LogP contribution is -2.16. The van der Waals surface area contributed by atoms with E-state index in [4.69, 9.17) is 14.2 Å². The van der Waals surface area contributed by atoms with Crippen LogP contribution < -0.4 is 14.8 Å². The van der Waals surface area contributed by atoms with Gasteiger partial charge in [0, 0.05) is 12.1 Å². The Bertz CT molecular complexity index is 846. The highest BCUT2D eigenvalue weighted by Gasteiger charge is 2.13. The summed E-state index contributed by atoms with van der Waals surface area (Å²) >= 11 is 0. The Labute approximate surface area is 158 Å². The van der Waals surface area contributed by atoms with Crippen molar-refractivity contribution < 1.29 is 23.8 Å². The normalized spacial score (nSPS) is 12.4. The number of fused-ring (bicyclic) bond motifs is 1. The molecule has 0 radical (unpaired) electrons. The fourth-order valence-electron chi connectivity index (χ4n) is 2.86. The van der Waals surface area contributed by atoms with Gasteiger partial charge in [0.1, 0.15) is 13.2 Å². The lowest BCUT2D eigenvalue weighted by Gasteiger charge is -2.18. The smallest absolute Gasteiger partial charge is 0.338 e. The van der Waals surface area contributed by atoms with E-state index in [-0.39, 0.29) is 11.9 Å². The van der Waals surface area contributed by atoms with Crippen LogP contribution in [0.5, 0.6) is 11.5 Å². The van der Waals surface area contributed by atoms with Gasteiger partial charge >= 0.3 is 5.97 Å². The Morgan fingerprint density at radius 2 is 1.85 bits per heavy atom. The van der Waals surface area contributed by atoms with Gasteiger partial charge in [0.15, 0.2) is 11.5 Å². The van der Waals surface area contributed by atoms with Gasteiger partial charge in [0.25, 0.3) is 0 Å². The summed E-state index contributed by atoms with van der Waals surface area (Å²) in [5.41, 5.74) is 3.00. The average Bonchev–Trinajstić information content (AvgIpc) is 2.68. The zero-order chi connectivity index (χ0) is 19.2. The fraction of sp³-hybridized carbons (Fsp3) is 0.333. The second kappa shape index (κ2) is 8.58. The van der Waals surface area contributed by atoms with Gasteiger partial charge in [-0.25, -0.2) is 4.79 Å². The minimum Gasteiger partial charge on any atom is -0.486 e. The molecule has 0 saturated carbocycles. The zero-order valence-electron chi connectivity index (χ0n) is 15.5. The molecule has 6 nitrogen and oxygen atoms in total. The van der Waals surface area contributed by atoms with E-state index < -0.39 is 0 Å². The average molecular weight is 369 g/mol. The Kier molecular flexibility index (Phi) is 5.96. The van der Waals surface area contributed by atoms with Crippen LogP contribution in [0.1, 0.15) is 34.8 Å². The number of esters is 1. The number of hydrogen-bond donors (Lipinski definition) is 1. The van der Waals surface area contributed by atoms with Gasteiger partial charge in [-0.2, -0.15) is 0 Å². The number of hydrogen-bond acceptors (Lipinski definition) is 5. The predicted octanol–water partition coefficient (Wildman–Crippen LogP) is 3.51. The summed E-state index contributed by atoms with van der Waals surface area (Å²) in [7, 11) is 0. The molecule has 0 bridgehead atoms. The Balaban J connectivity index is 1.57. The molecule has 2 aromatic carbocycles. The van der Waals surface area contributed by atoms with Gasteiger partial charge in [-0.1, -0.05) is 6.07 Å².